The number of aromatic nitrogens is 3. The number of nitrogens with one attached hydrogen (secondary N) is 2. The number of likely N-dealkylation sites (tertiary alicyclic amines) is 2. The van der Waals surface area contributed by atoms with Gasteiger partial charge in [0.15, 0.2) is 0 Å². The summed E-state index contributed by atoms with van der Waals surface area (Å²) in [5, 5.41) is 21.8. The van der Waals surface area contributed by atoms with E-state index in [1.165, 1.54) is 4.90 Å². The van der Waals surface area contributed by atoms with Gasteiger partial charge in [0.05, 0.1) is 12.7 Å². The molecule has 0 unspecified atom stereocenters. The molecule has 0 atom stereocenters. The maximum absolute atomic E-state index is 12.0. The minimum atomic E-state index is -0.855. The molecule has 2 saturated heterocycles. The summed E-state index contributed by atoms with van der Waals surface area (Å²) in [5.41, 5.74) is 0.797. The molecule has 3 heterocycles. The number of piperidine rings is 1. The van der Waals surface area contributed by atoms with E-state index in [4.69, 9.17) is 5.11 Å². The molecule has 0 aromatic carbocycles. The Morgan fingerprint density at radius 3 is 2.62 bits per heavy atom. The van der Waals surface area contributed by atoms with Gasteiger partial charge in [0, 0.05) is 31.6 Å². The zero-order chi connectivity index (χ0) is 14.9. The number of carboxylic acid groups (broad SMARTS) is 1. The number of aromatic amines is 1. The van der Waals surface area contributed by atoms with Crippen molar-refractivity contribution in [1.29, 1.82) is 0 Å². The summed E-state index contributed by atoms with van der Waals surface area (Å²) in [6.45, 7) is 2.87. The molecule has 2 aliphatic heterocycles. The van der Waals surface area contributed by atoms with E-state index in [1.807, 2.05) is 0 Å². The molecule has 9 heteroatoms. The fraction of sp³-hybridized carbons (Fsp3) is 0.667. The summed E-state index contributed by atoms with van der Waals surface area (Å²) in [4.78, 5) is 26.1. The summed E-state index contributed by atoms with van der Waals surface area (Å²) in [7, 11) is 0. The molecule has 114 valence electrons. The Morgan fingerprint density at radius 2 is 2.05 bits per heavy atom. The number of carbonyl (C=O) groups excluding carboxylic acids is 1. The summed E-state index contributed by atoms with van der Waals surface area (Å²) in [5.74, 6) is 0. The molecule has 9 nitrogen and oxygen atoms in total. The third-order valence-corrected chi connectivity index (χ3v) is 4.32. The van der Waals surface area contributed by atoms with Gasteiger partial charge in [-0.25, -0.2) is 9.59 Å². The van der Waals surface area contributed by atoms with Crippen molar-refractivity contribution >= 4 is 12.1 Å². The largest absolute Gasteiger partial charge is 0.465 e. The molecule has 1 spiro atoms. The van der Waals surface area contributed by atoms with Crippen LogP contribution in [0.3, 0.4) is 0 Å². The monoisotopic (exact) mass is 294 g/mol. The normalized spacial score (nSPS) is 20.2. The number of urea groups is 1. The average Bonchev–Trinajstić information content (AvgIpc) is 2.95. The van der Waals surface area contributed by atoms with Crippen LogP contribution in [0.15, 0.2) is 6.20 Å². The van der Waals surface area contributed by atoms with E-state index in [2.05, 4.69) is 20.7 Å². The van der Waals surface area contributed by atoms with Gasteiger partial charge in [-0.05, 0) is 12.8 Å². The first-order valence-electron chi connectivity index (χ1n) is 6.93. The highest BCUT2D eigenvalue weighted by Crippen LogP contribution is 2.40. The molecule has 2 aliphatic rings. The number of nitrogens with zero attached hydrogens (tertiary/aromatic N) is 4. The Kier molecular flexibility index (Phi) is 3.40. The van der Waals surface area contributed by atoms with Gasteiger partial charge in [-0.15, -0.1) is 0 Å². The zero-order valence-corrected chi connectivity index (χ0v) is 11.6. The SMILES string of the molecule is O=C(O)N1CCC2(CC1)CN(C(=O)NCc1cn[nH]n1)C2. The van der Waals surface area contributed by atoms with Crippen LogP contribution in [-0.4, -0.2) is 68.6 Å². The Morgan fingerprint density at radius 1 is 1.33 bits per heavy atom. The highest BCUT2D eigenvalue weighted by molar-refractivity contribution is 5.75. The van der Waals surface area contributed by atoms with Gasteiger partial charge in [-0.3, -0.25) is 0 Å². The van der Waals surface area contributed by atoms with Crippen molar-refractivity contribution in [2.75, 3.05) is 26.2 Å². The maximum atomic E-state index is 12.0. The van der Waals surface area contributed by atoms with Crippen molar-refractivity contribution in [2.45, 2.75) is 19.4 Å². The Bertz CT molecular complexity index is 515. The van der Waals surface area contributed by atoms with E-state index in [0.717, 1.165) is 12.8 Å². The molecule has 21 heavy (non-hydrogen) atoms. The molecule has 1 aromatic rings. The van der Waals surface area contributed by atoms with E-state index in [1.54, 1.807) is 11.1 Å². The lowest BCUT2D eigenvalue weighted by molar-refractivity contribution is -0.0178. The van der Waals surface area contributed by atoms with E-state index in [9.17, 15) is 9.59 Å². The van der Waals surface area contributed by atoms with Gasteiger partial charge in [-0.2, -0.15) is 15.4 Å². The lowest BCUT2D eigenvalue weighted by Gasteiger charge is -2.53. The lowest BCUT2D eigenvalue weighted by Crippen LogP contribution is -2.63. The molecule has 0 radical (unpaired) electrons. The minimum absolute atomic E-state index is 0.107. The molecule has 0 saturated carbocycles. The minimum Gasteiger partial charge on any atom is -0.465 e. The van der Waals surface area contributed by atoms with Crippen LogP contribution in [0.1, 0.15) is 18.5 Å². The van der Waals surface area contributed by atoms with Crippen LogP contribution < -0.4 is 5.32 Å². The zero-order valence-electron chi connectivity index (χ0n) is 11.6. The predicted molar refractivity (Wildman–Crippen MR) is 71.5 cm³/mol. The number of rotatable bonds is 2. The van der Waals surface area contributed by atoms with Crippen LogP contribution in [0.25, 0.3) is 0 Å². The molecule has 2 fully saturated rings. The van der Waals surface area contributed by atoms with Crippen molar-refractivity contribution in [2.24, 2.45) is 5.41 Å². The second kappa shape index (κ2) is 5.23. The third kappa shape index (κ3) is 2.76. The Hall–Kier alpha value is -2.32. The topological polar surface area (TPSA) is 114 Å². The van der Waals surface area contributed by atoms with Gasteiger partial charge in [0.25, 0.3) is 0 Å². The maximum Gasteiger partial charge on any atom is 0.407 e. The quantitative estimate of drug-likeness (QED) is 0.715. The summed E-state index contributed by atoms with van der Waals surface area (Å²) in [6, 6.07) is -0.107. The van der Waals surface area contributed by atoms with Gasteiger partial charge in [-0.1, -0.05) is 0 Å². The highest BCUT2D eigenvalue weighted by Gasteiger charge is 2.47. The van der Waals surface area contributed by atoms with Gasteiger partial charge >= 0.3 is 12.1 Å². The number of H-pyrrole nitrogens is 1. The Balaban J connectivity index is 1.43. The highest BCUT2D eigenvalue weighted by atomic mass is 16.4. The van der Waals surface area contributed by atoms with Crippen LogP contribution in [0.5, 0.6) is 0 Å². The molecule has 1 aromatic heterocycles. The third-order valence-electron chi connectivity index (χ3n) is 4.32. The number of carbonyl (C=O) groups is 2. The first-order chi connectivity index (χ1) is 10.1. The molecule has 3 amide bonds. The van der Waals surface area contributed by atoms with E-state index >= 15 is 0 Å². The van der Waals surface area contributed by atoms with Crippen molar-refractivity contribution < 1.29 is 14.7 Å². The summed E-state index contributed by atoms with van der Waals surface area (Å²) < 4.78 is 0. The second-order valence-corrected chi connectivity index (χ2v) is 5.75. The van der Waals surface area contributed by atoms with Crippen LogP contribution in [0, 0.1) is 5.41 Å². The molecule has 3 rings (SSSR count). The standard InChI is InChI=1S/C12H18N6O3/c19-10(13-5-9-6-14-16-15-9)18-7-12(8-18)1-3-17(4-2-12)11(20)21/h6H,1-5,7-8H2,(H,13,19)(H,20,21)(H,14,15,16). The average molecular weight is 294 g/mol. The fourth-order valence-corrected chi connectivity index (χ4v) is 2.98. The number of hydrogen-bond acceptors (Lipinski definition) is 4. The van der Waals surface area contributed by atoms with Gasteiger partial charge in [0.2, 0.25) is 0 Å². The Labute approximate surface area is 121 Å². The van der Waals surface area contributed by atoms with Crippen LogP contribution in [0.4, 0.5) is 9.59 Å². The summed E-state index contributed by atoms with van der Waals surface area (Å²) in [6.07, 6.45) is 2.37. The first kappa shape index (κ1) is 13.7. The van der Waals surface area contributed by atoms with Crippen LogP contribution in [0.2, 0.25) is 0 Å². The molecular formula is C12H18N6O3. The van der Waals surface area contributed by atoms with Gasteiger partial charge < -0.3 is 20.2 Å². The smallest absolute Gasteiger partial charge is 0.407 e. The molecule has 0 bridgehead atoms. The molecular weight excluding hydrogens is 276 g/mol. The van der Waals surface area contributed by atoms with Crippen molar-refractivity contribution in [3.63, 3.8) is 0 Å². The number of amides is 3. The lowest BCUT2D eigenvalue weighted by atomic mass is 9.72. The summed E-state index contributed by atoms with van der Waals surface area (Å²) >= 11 is 0. The van der Waals surface area contributed by atoms with Crippen LogP contribution >= 0.6 is 0 Å². The second-order valence-electron chi connectivity index (χ2n) is 5.75. The van der Waals surface area contributed by atoms with E-state index in [-0.39, 0.29) is 11.4 Å². The van der Waals surface area contributed by atoms with E-state index in [0.29, 0.717) is 38.4 Å². The molecule has 0 aliphatic carbocycles. The van der Waals surface area contributed by atoms with E-state index < -0.39 is 6.09 Å². The fourth-order valence-electron chi connectivity index (χ4n) is 2.98. The number of hydrogen-bond donors (Lipinski definition) is 3. The van der Waals surface area contributed by atoms with Crippen molar-refractivity contribution in [3.05, 3.63) is 11.9 Å². The van der Waals surface area contributed by atoms with Crippen molar-refractivity contribution in [3.8, 4) is 0 Å². The van der Waals surface area contributed by atoms with Crippen molar-refractivity contribution in [1.82, 2.24) is 30.5 Å². The van der Waals surface area contributed by atoms with Crippen LogP contribution in [-0.2, 0) is 6.54 Å². The van der Waals surface area contributed by atoms with Gasteiger partial charge in [0.1, 0.15) is 5.69 Å². The predicted octanol–water partition coefficient (Wildman–Crippen LogP) is 0.0901. The first-order valence-corrected chi connectivity index (χ1v) is 6.93. The molecule has 3 N–H and O–H groups in total.